The maximum Gasteiger partial charge on any atom is 0.224 e. The Labute approximate surface area is 159 Å². The zero-order valence-corrected chi connectivity index (χ0v) is 15.6. The van der Waals surface area contributed by atoms with E-state index in [1.165, 1.54) is 5.56 Å². The SMILES string of the molecule is COc1ccc(Nc2ccnc(NCCCc3ccccc3)n2)c(OC)c1. The Bertz CT molecular complexity index is 856. The van der Waals surface area contributed by atoms with Crippen molar-refractivity contribution in [3.8, 4) is 11.5 Å². The van der Waals surface area contributed by atoms with Crippen LogP contribution < -0.4 is 20.1 Å². The molecule has 0 fully saturated rings. The van der Waals surface area contributed by atoms with Crippen molar-refractivity contribution in [1.29, 1.82) is 0 Å². The van der Waals surface area contributed by atoms with Gasteiger partial charge in [-0.15, -0.1) is 0 Å². The smallest absolute Gasteiger partial charge is 0.224 e. The maximum atomic E-state index is 5.41. The predicted octanol–water partition coefficient (Wildman–Crippen LogP) is 4.28. The van der Waals surface area contributed by atoms with Crippen molar-refractivity contribution in [3.63, 3.8) is 0 Å². The van der Waals surface area contributed by atoms with Gasteiger partial charge in [-0.1, -0.05) is 30.3 Å². The second-order valence-electron chi connectivity index (χ2n) is 5.97. The van der Waals surface area contributed by atoms with Crippen LogP contribution in [0.25, 0.3) is 0 Å². The van der Waals surface area contributed by atoms with Crippen LogP contribution >= 0.6 is 0 Å². The van der Waals surface area contributed by atoms with Crippen LogP contribution in [-0.4, -0.2) is 30.7 Å². The van der Waals surface area contributed by atoms with E-state index in [4.69, 9.17) is 9.47 Å². The minimum absolute atomic E-state index is 0.598. The summed E-state index contributed by atoms with van der Waals surface area (Å²) in [7, 11) is 3.25. The molecular formula is C21H24N4O2. The average molecular weight is 364 g/mol. The topological polar surface area (TPSA) is 68.3 Å². The Morgan fingerprint density at radius 1 is 0.963 bits per heavy atom. The molecule has 2 N–H and O–H groups in total. The van der Waals surface area contributed by atoms with Gasteiger partial charge in [0.1, 0.15) is 17.3 Å². The number of anilines is 3. The van der Waals surface area contributed by atoms with Crippen LogP contribution in [0.15, 0.2) is 60.8 Å². The normalized spacial score (nSPS) is 10.3. The van der Waals surface area contributed by atoms with E-state index in [2.05, 4.69) is 44.9 Å². The highest BCUT2D eigenvalue weighted by molar-refractivity contribution is 5.66. The maximum absolute atomic E-state index is 5.41. The number of methoxy groups -OCH3 is 2. The second kappa shape index (κ2) is 9.43. The number of ether oxygens (including phenoxy) is 2. The molecule has 0 unspecified atom stereocenters. The Morgan fingerprint density at radius 2 is 1.81 bits per heavy atom. The molecule has 6 nitrogen and oxygen atoms in total. The molecule has 0 bridgehead atoms. The first kappa shape index (κ1) is 18.5. The number of benzene rings is 2. The fourth-order valence-electron chi connectivity index (χ4n) is 2.69. The molecule has 0 saturated heterocycles. The van der Waals surface area contributed by atoms with Gasteiger partial charge in [-0.05, 0) is 36.6 Å². The van der Waals surface area contributed by atoms with Gasteiger partial charge in [0.2, 0.25) is 5.95 Å². The van der Waals surface area contributed by atoms with E-state index < -0.39 is 0 Å². The Balaban J connectivity index is 1.57. The predicted molar refractivity (Wildman–Crippen MR) is 108 cm³/mol. The minimum Gasteiger partial charge on any atom is -0.497 e. The summed E-state index contributed by atoms with van der Waals surface area (Å²) in [6, 6.07) is 17.9. The van der Waals surface area contributed by atoms with Gasteiger partial charge < -0.3 is 20.1 Å². The van der Waals surface area contributed by atoms with Crippen LogP contribution in [0.4, 0.5) is 17.5 Å². The molecule has 1 aromatic heterocycles. The Hall–Kier alpha value is -3.28. The van der Waals surface area contributed by atoms with Crippen LogP contribution in [-0.2, 0) is 6.42 Å². The third kappa shape index (κ3) is 5.34. The van der Waals surface area contributed by atoms with Crippen molar-refractivity contribution < 1.29 is 9.47 Å². The van der Waals surface area contributed by atoms with Crippen molar-refractivity contribution in [3.05, 3.63) is 66.4 Å². The molecule has 0 spiro atoms. The lowest BCUT2D eigenvalue weighted by molar-refractivity contribution is 0.395. The molecule has 6 heteroatoms. The van der Waals surface area contributed by atoms with Gasteiger partial charge in [0, 0.05) is 18.8 Å². The van der Waals surface area contributed by atoms with E-state index in [9.17, 15) is 0 Å². The molecule has 0 radical (unpaired) electrons. The van der Waals surface area contributed by atoms with Gasteiger partial charge in [0.05, 0.1) is 19.9 Å². The fourth-order valence-corrected chi connectivity index (χ4v) is 2.69. The summed E-state index contributed by atoms with van der Waals surface area (Å²) in [6.45, 7) is 0.810. The number of aromatic nitrogens is 2. The van der Waals surface area contributed by atoms with Crippen LogP contribution in [0.5, 0.6) is 11.5 Å². The molecule has 3 aromatic rings. The summed E-state index contributed by atoms with van der Waals surface area (Å²) in [5.41, 5.74) is 2.15. The monoisotopic (exact) mass is 364 g/mol. The van der Waals surface area contributed by atoms with Crippen molar-refractivity contribution in [2.45, 2.75) is 12.8 Å². The van der Waals surface area contributed by atoms with Gasteiger partial charge in [0.25, 0.3) is 0 Å². The van der Waals surface area contributed by atoms with Crippen LogP contribution in [0.2, 0.25) is 0 Å². The summed E-state index contributed by atoms with van der Waals surface area (Å²) in [6.07, 6.45) is 3.76. The lowest BCUT2D eigenvalue weighted by Gasteiger charge is -2.12. The minimum atomic E-state index is 0.598. The van der Waals surface area contributed by atoms with Gasteiger partial charge in [-0.2, -0.15) is 4.98 Å². The molecule has 0 aliphatic heterocycles. The molecule has 0 atom stereocenters. The van der Waals surface area contributed by atoms with E-state index in [1.54, 1.807) is 20.4 Å². The van der Waals surface area contributed by atoms with Gasteiger partial charge in [-0.3, -0.25) is 0 Å². The van der Waals surface area contributed by atoms with Crippen LogP contribution in [0.1, 0.15) is 12.0 Å². The molecular weight excluding hydrogens is 340 g/mol. The molecule has 0 saturated carbocycles. The molecule has 27 heavy (non-hydrogen) atoms. The lowest BCUT2D eigenvalue weighted by Crippen LogP contribution is -2.07. The van der Waals surface area contributed by atoms with E-state index in [0.717, 1.165) is 30.8 Å². The molecule has 1 heterocycles. The first-order valence-corrected chi connectivity index (χ1v) is 8.88. The van der Waals surface area contributed by atoms with Crippen LogP contribution in [0.3, 0.4) is 0 Å². The lowest BCUT2D eigenvalue weighted by atomic mass is 10.1. The summed E-state index contributed by atoms with van der Waals surface area (Å²) >= 11 is 0. The number of nitrogens with zero attached hydrogens (tertiary/aromatic N) is 2. The zero-order valence-electron chi connectivity index (χ0n) is 15.6. The van der Waals surface area contributed by atoms with Gasteiger partial charge in [-0.25, -0.2) is 4.98 Å². The average Bonchev–Trinajstić information content (AvgIpc) is 2.72. The highest BCUT2D eigenvalue weighted by Gasteiger charge is 2.07. The molecule has 0 aliphatic rings. The standard InChI is InChI=1S/C21H24N4O2/c1-26-17-10-11-18(19(15-17)27-2)24-20-12-14-23-21(25-20)22-13-6-9-16-7-4-3-5-8-16/h3-5,7-8,10-12,14-15H,6,9,13H2,1-2H3,(H2,22,23,24,25). The summed E-state index contributed by atoms with van der Waals surface area (Å²) in [4.78, 5) is 8.79. The third-order valence-corrected chi connectivity index (χ3v) is 4.10. The zero-order chi connectivity index (χ0) is 18.9. The molecule has 2 aromatic carbocycles. The molecule has 0 amide bonds. The van der Waals surface area contributed by atoms with E-state index in [0.29, 0.717) is 17.5 Å². The Morgan fingerprint density at radius 3 is 2.59 bits per heavy atom. The number of hydrogen-bond acceptors (Lipinski definition) is 6. The number of hydrogen-bond donors (Lipinski definition) is 2. The summed E-state index contributed by atoms with van der Waals surface area (Å²) in [5.74, 6) is 2.71. The van der Waals surface area contributed by atoms with Crippen molar-refractivity contribution in [2.24, 2.45) is 0 Å². The number of nitrogens with one attached hydrogen (secondary N) is 2. The van der Waals surface area contributed by atoms with Crippen molar-refractivity contribution >= 4 is 17.5 Å². The second-order valence-corrected chi connectivity index (χ2v) is 5.97. The first-order valence-electron chi connectivity index (χ1n) is 8.88. The van der Waals surface area contributed by atoms with E-state index in [1.807, 2.05) is 30.3 Å². The van der Waals surface area contributed by atoms with Crippen LogP contribution in [0, 0.1) is 0 Å². The van der Waals surface area contributed by atoms with E-state index >= 15 is 0 Å². The Kier molecular flexibility index (Phi) is 6.46. The largest absolute Gasteiger partial charge is 0.497 e. The molecule has 140 valence electrons. The van der Waals surface area contributed by atoms with Crippen molar-refractivity contribution in [1.82, 2.24) is 9.97 Å². The van der Waals surface area contributed by atoms with Gasteiger partial charge in [0.15, 0.2) is 0 Å². The quantitative estimate of drug-likeness (QED) is 0.552. The third-order valence-electron chi connectivity index (χ3n) is 4.10. The summed E-state index contributed by atoms with van der Waals surface area (Å²) < 4.78 is 10.6. The summed E-state index contributed by atoms with van der Waals surface area (Å²) in [5, 5.41) is 6.53. The molecule has 0 aliphatic carbocycles. The first-order chi connectivity index (χ1) is 13.3. The highest BCUT2D eigenvalue weighted by atomic mass is 16.5. The number of aryl methyl sites for hydroxylation is 1. The fraction of sp³-hybridized carbons (Fsp3) is 0.238. The molecule has 3 rings (SSSR count). The van der Waals surface area contributed by atoms with Gasteiger partial charge >= 0.3 is 0 Å². The van der Waals surface area contributed by atoms with E-state index in [-0.39, 0.29) is 0 Å². The van der Waals surface area contributed by atoms with Crippen molar-refractivity contribution in [2.75, 3.05) is 31.4 Å². The highest BCUT2D eigenvalue weighted by Crippen LogP contribution is 2.31. The number of rotatable bonds is 9.